The van der Waals surface area contributed by atoms with Crippen LogP contribution in [0.2, 0.25) is 5.02 Å². The summed E-state index contributed by atoms with van der Waals surface area (Å²) < 4.78 is 0. The van der Waals surface area contributed by atoms with Crippen LogP contribution in [0.3, 0.4) is 0 Å². The van der Waals surface area contributed by atoms with Gasteiger partial charge in [0.15, 0.2) is 0 Å². The van der Waals surface area contributed by atoms with Gasteiger partial charge in [-0.3, -0.25) is 5.10 Å². The molecular formula is C14H12ClN3. The van der Waals surface area contributed by atoms with E-state index in [4.69, 9.17) is 17.3 Å². The number of nitrogens with two attached hydrogens (primary N) is 1. The van der Waals surface area contributed by atoms with Crippen molar-refractivity contribution < 1.29 is 0 Å². The van der Waals surface area contributed by atoms with E-state index in [1.54, 1.807) is 0 Å². The number of halogens is 1. The number of nitrogen functional groups attached to an aromatic ring is 1. The fourth-order valence-corrected chi connectivity index (χ4v) is 2.26. The Labute approximate surface area is 110 Å². The van der Waals surface area contributed by atoms with E-state index in [0.29, 0.717) is 5.02 Å². The second-order valence-corrected chi connectivity index (χ2v) is 4.77. The van der Waals surface area contributed by atoms with Gasteiger partial charge in [0.05, 0.1) is 5.52 Å². The van der Waals surface area contributed by atoms with E-state index in [1.165, 1.54) is 0 Å². The van der Waals surface area contributed by atoms with Gasteiger partial charge in [-0.05, 0) is 42.8 Å². The van der Waals surface area contributed by atoms with Crippen LogP contribution in [0, 0.1) is 6.92 Å². The largest absolute Gasteiger partial charge is 0.399 e. The Morgan fingerprint density at radius 3 is 2.83 bits per heavy atom. The molecule has 0 saturated heterocycles. The zero-order valence-corrected chi connectivity index (χ0v) is 10.6. The summed E-state index contributed by atoms with van der Waals surface area (Å²) in [6.45, 7) is 2.05. The molecule has 4 heteroatoms. The van der Waals surface area contributed by atoms with Crippen molar-refractivity contribution in [1.82, 2.24) is 10.2 Å². The molecule has 0 fully saturated rings. The summed E-state index contributed by atoms with van der Waals surface area (Å²) in [6, 6.07) is 11.5. The number of hydrogen-bond donors (Lipinski definition) is 2. The lowest BCUT2D eigenvalue weighted by Gasteiger charge is -2.04. The van der Waals surface area contributed by atoms with Gasteiger partial charge in [-0.25, -0.2) is 0 Å². The monoisotopic (exact) mass is 257 g/mol. The number of hydrogen-bond acceptors (Lipinski definition) is 2. The van der Waals surface area contributed by atoms with E-state index in [0.717, 1.165) is 33.4 Å². The molecule has 2 aromatic carbocycles. The van der Waals surface area contributed by atoms with Crippen LogP contribution in [0.1, 0.15) is 5.56 Å². The molecule has 90 valence electrons. The minimum absolute atomic E-state index is 0.710. The number of fused-ring (bicyclic) bond motifs is 1. The lowest BCUT2D eigenvalue weighted by atomic mass is 10.0. The lowest BCUT2D eigenvalue weighted by molar-refractivity contribution is 1.12. The van der Waals surface area contributed by atoms with Crippen molar-refractivity contribution in [2.45, 2.75) is 6.92 Å². The van der Waals surface area contributed by atoms with Gasteiger partial charge >= 0.3 is 0 Å². The van der Waals surface area contributed by atoms with Crippen LogP contribution < -0.4 is 5.73 Å². The van der Waals surface area contributed by atoms with E-state index in [2.05, 4.69) is 10.2 Å². The van der Waals surface area contributed by atoms with Crippen molar-refractivity contribution in [3.63, 3.8) is 0 Å². The molecule has 0 saturated carbocycles. The summed E-state index contributed by atoms with van der Waals surface area (Å²) in [7, 11) is 0. The number of rotatable bonds is 1. The van der Waals surface area contributed by atoms with Gasteiger partial charge in [0.2, 0.25) is 0 Å². The molecule has 1 aromatic heterocycles. The second-order valence-electron chi connectivity index (χ2n) is 4.34. The quantitative estimate of drug-likeness (QED) is 0.652. The highest BCUT2D eigenvalue weighted by Crippen LogP contribution is 2.31. The third kappa shape index (κ3) is 1.73. The molecule has 3 aromatic rings. The molecule has 0 aliphatic carbocycles. The second kappa shape index (κ2) is 4.03. The molecule has 0 radical (unpaired) electrons. The molecule has 18 heavy (non-hydrogen) atoms. The predicted molar refractivity (Wildman–Crippen MR) is 75.7 cm³/mol. The Hall–Kier alpha value is -2.00. The van der Waals surface area contributed by atoms with Gasteiger partial charge in [-0.15, -0.1) is 0 Å². The van der Waals surface area contributed by atoms with Gasteiger partial charge in [0.25, 0.3) is 0 Å². The van der Waals surface area contributed by atoms with E-state index >= 15 is 0 Å². The molecule has 0 spiro atoms. The normalized spacial score (nSPS) is 11.0. The third-order valence-electron chi connectivity index (χ3n) is 3.04. The van der Waals surface area contributed by atoms with Crippen LogP contribution in [0.5, 0.6) is 0 Å². The topological polar surface area (TPSA) is 54.7 Å². The highest BCUT2D eigenvalue weighted by molar-refractivity contribution is 6.31. The first-order valence-corrected chi connectivity index (χ1v) is 6.03. The minimum atomic E-state index is 0.710. The number of nitrogens with one attached hydrogen (secondary N) is 1. The molecule has 0 atom stereocenters. The Morgan fingerprint density at radius 2 is 2.00 bits per heavy atom. The SMILES string of the molecule is Cc1ccc(Cl)cc1-c1n[nH]c2cc(N)ccc12. The number of aromatic amines is 1. The number of aryl methyl sites for hydroxylation is 1. The van der Waals surface area contributed by atoms with E-state index in [1.807, 2.05) is 43.3 Å². The van der Waals surface area contributed by atoms with Crippen LogP contribution in [-0.2, 0) is 0 Å². The highest BCUT2D eigenvalue weighted by Gasteiger charge is 2.10. The Balaban J connectivity index is 2.28. The molecule has 1 heterocycles. The fraction of sp³-hybridized carbons (Fsp3) is 0.0714. The number of anilines is 1. The predicted octanol–water partition coefficient (Wildman–Crippen LogP) is 3.77. The average Bonchev–Trinajstić information content (AvgIpc) is 2.75. The molecule has 3 rings (SSSR count). The van der Waals surface area contributed by atoms with Gasteiger partial charge in [-0.1, -0.05) is 17.7 Å². The molecule has 0 aliphatic rings. The van der Waals surface area contributed by atoms with Gasteiger partial charge < -0.3 is 5.73 Å². The maximum atomic E-state index is 6.05. The van der Waals surface area contributed by atoms with Crippen molar-refractivity contribution in [2.24, 2.45) is 0 Å². The molecule has 0 unspecified atom stereocenters. The maximum absolute atomic E-state index is 6.05. The summed E-state index contributed by atoms with van der Waals surface area (Å²) in [5.74, 6) is 0. The van der Waals surface area contributed by atoms with E-state index in [9.17, 15) is 0 Å². The van der Waals surface area contributed by atoms with Crippen LogP contribution in [-0.4, -0.2) is 10.2 Å². The van der Waals surface area contributed by atoms with Gasteiger partial charge in [0, 0.05) is 21.7 Å². The molecule has 3 N–H and O–H groups in total. The zero-order chi connectivity index (χ0) is 12.7. The highest BCUT2D eigenvalue weighted by atomic mass is 35.5. The standard InChI is InChI=1S/C14H12ClN3/c1-8-2-3-9(15)6-12(8)14-11-5-4-10(16)7-13(11)17-18-14/h2-7H,16H2,1H3,(H,17,18). The third-order valence-corrected chi connectivity index (χ3v) is 3.28. The Morgan fingerprint density at radius 1 is 1.17 bits per heavy atom. The van der Waals surface area contributed by atoms with Crippen molar-refractivity contribution >= 4 is 28.2 Å². The van der Waals surface area contributed by atoms with Crippen LogP contribution >= 0.6 is 11.6 Å². The van der Waals surface area contributed by atoms with Gasteiger partial charge in [-0.2, -0.15) is 5.10 Å². The summed E-state index contributed by atoms with van der Waals surface area (Å²) in [6.07, 6.45) is 0. The fourth-order valence-electron chi connectivity index (χ4n) is 2.09. The average molecular weight is 258 g/mol. The number of H-pyrrole nitrogens is 1. The number of nitrogens with zero attached hydrogens (tertiary/aromatic N) is 1. The first-order chi connectivity index (χ1) is 8.65. The molecule has 0 aliphatic heterocycles. The molecule has 0 bridgehead atoms. The van der Waals surface area contributed by atoms with Crippen LogP contribution in [0.25, 0.3) is 22.2 Å². The molecular weight excluding hydrogens is 246 g/mol. The zero-order valence-electron chi connectivity index (χ0n) is 9.87. The summed E-state index contributed by atoms with van der Waals surface area (Å²) in [4.78, 5) is 0. The molecule has 3 nitrogen and oxygen atoms in total. The van der Waals surface area contributed by atoms with Crippen molar-refractivity contribution in [1.29, 1.82) is 0 Å². The van der Waals surface area contributed by atoms with Crippen LogP contribution in [0.15, 0.2) is 36.4 Å². The maximum Gasteiger partial charge on any atom is 0.100 e. The van der Waals surface area contributed by atoms with Crippen molar-refractivity contribution in [3.8, 4) is 11.3 Å². The summed E-state index contributed by atoms with van der Waals surface area (Å²) in [5.41, 5.74) is 10.5. The number of aromatic nitrogens is 2. The smallest absolute Gasteiger partial charge is 0.100 e. The summed E-state index contributed by atoms with van der Waals surface area (Å²) >= 11 is 6.05. The first kappa shape index (κ1) is 11.1. The Bertz CT molecular complexity index is 731. The van der Waals surface area contributed by atoms with E-state index in [-0.39, 0.29) is 0 Å². The van der Waals surface area contributed by atoms with Crippen LogP contribution in [0.4, 0.5) is 5.69 Å². The minimum Gasteiger partial charge on any atom is -0.399 e. The lowest BCUT2D eigenvalue weighted by Crippen LogP contribution is -1.85. The Kier molecular flexibility index (Phi) is 2.49. The van der Waals surface area contributed by atoms with E-state index < -0.39 is 0 Å². The first-order valence-electron chi connectivity index (χ1n) is 5.65. The van der Waals surface area contributed by atoms with Crippen molar-refractivity contribution in [3.05, 3.63) is 47.0 Å². The summed E-state index contributed by atoms with van der Waals surface area (Å²) in [5, 5.41) is 9.13. The van der Waals surface area contributed by atoms with Crippen molar-refractivity contribution in [2.75, 3.05) is 5.73 Å². The van der Waals surface area contributed by atoms with Gasteiger partial charge in [0.1, 0.15) is 5.69 Å². The molecule has 0 amide bonds. The number of benzene rings is 2.